The van der Waals surface area contributed by atoms with E-state index < -0.39 is 0 Å². The summed E-state index contributed by atoms with van der Waals surface area (Å²) < 4.78 is 1.66. The van der Waals surface area contributed by atoms with Crippen molar-refractivity contribution in [3.05, 3.63) is 23.8 Å². The quantitative estimate of drug-likeness (QED) is 0.862. The summed E-state index contributed by atoms with van der Waals surface area (Å²) in [6.45, 7) is 2.79. The van der Waals surface area contributed by atoms with E-state index in [0.717, 1.165) is 42.8 Å². The fourth-order valence-corrected chi connectivity index (χ4v) is 5.49. The number of fused-ring (bicyclic) bond motifs is 3. The predicted molar refractivity (Wildman–Crippen MR) is 93.1 cm³/mol. The molecule has 3 heterocycles. The maximum absolute atomic E-state index is 13.0. The fourth-order valence-electron chi connectivity index (χ4n) is 5.49. The standard InChI is InChI=1S/C19H25N5O/c1-12-6-7-20-19-21-17(22-24(12)19)18(25)23-8-2-3-16(23)11-15-10-13-4-5-14(15)9-13/h6-7,13-16H,2-5,8-11H2,1H3/t13-,14-,15+,16+/m0/s1. The largest absolute Gasteiger partial charge is 0.333 e. The van der Waals surface area contributed by atoms with Crippen molar-refractivity contribution in [1.29, 1.82) is 0 Å². The van der Waals surface area contributed by atoms with Gasteiger partial charge in [-0.25, -0.2) is 9.50 Å². The van der Waals surface area contributed by atoms with Gasteiger partial charge in [0.1, 0.15) is 0 Å². The van der Waals surface area contributed by atoms with Crippen LogP contribution < -0.4 is 0 Å². The van der Waals surface area contributed by atoms with E-state index in [2.05, 4.69) is 15.1 Å². The second-order valence-electron chi connectivity index (χ2n) is 8.20. The molecule has 0 aromatic carbocycles. The van der Waals surface area contributed by atoms with Crippen LogP contribution in [-0.2, 0) is 0 Å². The predicted octanol–water partition coefficient (Wildman–Crippen LogP) is 2.86. The summed E-state index contributed by atoms with van der Waals surface area (Å²) in [5.41, 5.74) is 0.941. The van der Waals surface area contributed by atoms with E-state index in [1.165, 1.54) is 32.1 Å². The van der Waals surface area contributed by atoms with Crippen LogP contribution in [0.15, 0.2) is 12.3 Å². The van der Waals surface area contributed by atoms with E-state index in [1.807, 2.05) is 17.9 Å². The molecule has 2 bridgehead atoms. The van der Waals surface area contributed by atoms with E-state index in [1.54, 1.807) is 10.7 Å². The molecule has 0 spiro atoms. The number of carbonyl (C=O) groups excluding carboxylic acids is 1. The van der Waals surface area contributed by atoms with Gasteiger partial charge in [-0.3, -0.25) is 4.79 Å². The van der Waals surface area contributed by atoms with E-state index in [0.29, 0.717) is 17.6 Å². The van der Waals surface area contributed by atoms with E-state index >= 15 is 0 Å². The molecular weight excluding hydrogens is 314 g/mol. The Morgan fingerprint density at radius 3 is 2.96 bits per heavy atom. The molecule has 2 aromatic rings. The number of aryl methyl sites for hydroxylation is 1. The smallest absolute Gasteiger partial charge is 0.293 e. The van der Waals surface area contributed by atoms with Gasteiger partial charge >= 0.3 is 0 Å². The molecule has 25 heavy (non-hydrogen) atoms. The molecule has 0 radical (unpaired) electrons. The Labute approximate surface area is 147 Å². The summed E-state index contributed by atoms with van der Waals surface area (Å²) >= 11 is 0. The van der Waals surface area contributed by atoms with Crippen LogP contribution in [0.4, 0.5) is 0 Å². The third kappa shape index (κ3) is 2.53. The summed E-state index contributed by atoms with van der Waals surface area (Å²) in [7, 11) is 0. The number of nitrogens with zero attached hydrogens (tertiary/aromatic N) is 5. The van der Waals surface area contributed by atoms with Gasteiger partial charge in [0.15, 0.2) is 0 Å². The second kappa shape index (κ2) is 5.78. The topological polar surface area (TPSA) is 63.4 Å². The normalized spacial score (nSPS) is 31.3. The average molecular weight is 339 g/mol. The fraction of sp³-hybridized carbons (Fsp3) is 0.684. The third-order valence-corrected chi connectivity index (χ3v) is 6.72. The zero-order chi connectivity index (χ0) is 17.0. The minimum atomic E-state index is -0.0180. The Hall–Kier alpha value is -1.98. The summed E-state index contributed by atoms with van der Waals surface area (Å²) in [6.07, 6.45) is 10.8. The van der Waals surface area contributed by atoms with Gasteiger partial charge in [0.2, 0.25) is 5.82 Å². The lowest BCUT2D eigenvalue weighted by molar-refractivity contribution is 0.0695. The van der Waals surface area contributed by atoms with E-state index in [9.17, 15) is 4.79 Å². The van der Waals surface area contributed by atoms with Gasteiger partial charge in [0.05, 0.1) is 0 Å². The molecule has 2 aliphatic carbocycles. The van der Waals surface area contributed by atoms with Crippen LogP contribution in [-0.4, -0.2) is 43.0 Å². The molecule has 3 aliphatic rings. The highest BCUT2D eigenvalue weighted by atomic mass is 16.2. The van der Waals surface area contributed by atoms with Crippen LogP contribution >= 0.6 is 0 Å². The van der Waals surface area contributed by atoms with E-state index in [-0.39, 0.29) is 5.91 Å². The van der Waals surface area contributed by atoms with Crippen LogP contribution in [0.25, 0.3) is 5.78 Å². The SMILES string of the molecule is Cc1ccnc2nc(C(=O)N3CCC[C@@H]3C[C@H]3C[C@H]4CC[C@H]3C4)nn12. The Morgan fingerprint density at radius 2 is 2.20 bits per heavy atom. The van der Waals surface area contributed by atoms with Gasteiger partial charge in [0, 0.05) is 24.5 Å². The van der Waals surface area contributed by atoms with Gasteiger partial charge in [-0.1, -0.05) is 6.42 Å². The van der Waals surface area contributed by atoms with Crippen LogP contribution in [0.3, 0.4) is 0 Å². The van der Waals surface area contributed by atoms with Crippen molar-refractivity contribution >= 4 is 11.7 Å². The number of hydrogen-bond acceptors (Lipinski definition) is 4. The highest BCUT2D eigenvalue weighted by Crippen LogP contribution is 2.50. The van der Waals surface area contributed by atoms with Gasteiger partial charge < -0.3 is 4.90 Å². The number of amides is 1. The lowest BCUT2D eigenvalue weighted by Crippen LogP contribution is -2.38. The maximum atomic E-state index is 13.0. The lowest BCUT2D eigenvalue weighted by Gasteiger charge is -2.29. The summed E-state index contributed by atoms with van der Waals surface area (Å²) in [4.78, 5) is 23.7. The molecule has 0 N–H and O–H groups in total. The number of rotatable bonds is 3. The monoisotopic (exact) mass is 339 g/mol. The minimum Gasteiger partial charge on any atom is -0.333 e. The molecule has 3 fully saturated rings. The number of carbonyl (C=O) groups is 1. The summed E-state index contributed by atoms with van der Waals surface area (Å²) in [5.74, 6) is 3.50. The first-order chi connectivity index (χ1) is 12.2. The highest BCUT2D eigenvalue weighted by molar-refractivity contribution is 5.91. The molecule has 2 saturated carbocycles. The molecule has 1 amide bonds. The van der Waals surface area contributed by atoms with E-state index in [4.69, 9.17) is 0 Å². The van der Waals surface area contributed by atoms with Crippen molar-refractivity contribution < 1.29 is 4.79 Å². The van der Waals surface area contributed by atoms with Crippen molar-refractivity contribution in [3.8, 4) is 0 Å². The number of likely N-dealkylation sites (tertiary alicyclic amines) is 1. The van der Waals surface area contributed by atoms with Crippen LogP contribution in [0.5, 0.6) is 0 Å². The molecule has 4 atom stereocenters. The van der Waals surface area contributed by atoms with Crippen LogP contribution in [0.1, 0.15) is 61.3 Å². The Kier molecular flexibility index (Phi) is 3.54. The molecule has 5 rings (SSSR count). The molecule has 132 valence electrons. The Morgan fingerprint density at radius 1 is 1.28 bits per heavy atom. The molecule has 2 aromatic heterocycles. The van der Waals surface area contributed by atoms with Gasteiger partial charge in [-0.15, -0.1) is 5.10 Å². The zero-order valence-corrected chi connectivity index (χ0v) is 14.8. The minimum absolute atomic E-state index is 0.0180. The van der Waals surface area contributed by atoms with Crippen LogP contribution in [0.2, 0.25) is 0 Å². The lowest BCUT2D eigenvalue weighted by atomic mass is 9.83. The van der Waals surface area contributed by atoms with Crippen molar-refractivity contribution in [2.45, 2.75) is 57.9 Å². The summed E-state index contributed by atoms with van der Waals surface area (Å²) in [5, 5.41) is 4.41. The molecule has 6 nitrogen and oxygen atoms in total. The number of aromatic nitrogens is 4. The van der Waals surface area contributed by atoms with Gasteiger partial charge in [-0.05, 0) is 69.3 Å². The van der Waals surface area contributed by atoms with Crippen LogP contribution in [0, 0.1) is 24.7 Å². The Bertz CT molecular complexity index is 815. The number of hydrogen-bond donors (Lipinski definition) is 0. The highest BCUT2D eigenvalue weighted by Gasteiger charge is 2.42. The molecule has 1 saturated heterocycles. The molecular formula is C19H25N5O. The molecule has 6 heteroatoms. The van der Waals surface area contributed by atoms with Crippen molar-refractivity contribution in [2.24, 2.45) is 17.8 Å². The maximum Gasteiger partial charge on any atom is 0.293 e. The average Bonchev–Trinajstić information content (AvgIpc) is 3.38. The summed E-state index contributed by atoms with van der Waals surface area (Å²) in [6, 6.07) is 2.25. The first kappa shape index (κ1) is 15.3. The Balaban J connectivity index is 1.35. The molecule has 0 unspecified atom stereocenters. The molecule has 1 aliphatic heterocycles. The van der Waals surface area contributed by atoms with Crippen molar-refractivity contribution in [1.82, 2.24) is 24.5 Å². The second-order valence-corrected chi connectivity index (χ2v) is 8.20. The first-order valence-electron chi connectivity index (χ1n) is 9.68. The third-order valence-electron chi connectivity index (χ3n) is 6.72. The zero-order valence-electron chi connectivity index (χ0n) is 14.8. The van der Waals surface area contributed by atoms with Crippen molar-refractivity contribution in [3.63, 3.8) is 0 Å². The van der Waals surface area contributed by atoms with Gasteiger partial charge in [-0.2, -0.15) is 4.98 Å². The first-order valence-corrected chi connectivity index (χ1v) is 9.68. The van der Waals surface area contributed by atoms with Gasteiger partial charge in [0.25, 0.3) is 11.7 Å². The van der Waals surface area contributed by atoms with Crippen molar-refractivity contribution in [2.75, 3.05) is 6.54 Å².